The van der Waals surface area contributed by atoms with Crippen molar-refractivity contribution in [3.05, 3.63) is 36.4 Å². The lowest BCUT2D eigenvalue weighted by Gasteiger charge is -2.28. The number of aromatic nitrogens is 3. The fraction of sp³-hybridized carbons (Fsp3) is 0.263. The zero-order valence-electron chi connectivity index (χ0n) is 14.4. The number of H-pyrrole nitrogens is 1. The number of aromatic amines is 1. The summed E-state index contributed by atoms with van der Waals surface area (Å²) >= 11 is 1.62. The summed E-state index contributed by atoms with van der Waals surface area (Å²) in [6.07, 6.45) is 0. The Kier molecular flexibility index (Phi) is 3.76. The van der Waals surface area contributed by atoms with E-state index in [1.807, 2.05) is 12.1 Å². The molecule has 0 spiro atoms. The number of imidazole rings is 1. The maximum atomic E-state index is 5.44. The van der Waals surface area contributed by atoms with Gasteiger partial charge in [0.2, 0.25) is 0 Å². The summed E-state index contributed by atoms with van der Waals surface area (Å²) < 4.78 is 11.9. The Bertz CT molecular complexity index is 1080. The number of hydrogen-bond acceptors (Lipinski definition) is 6. The predicted molar refractivity (Wildman–Crippen MR) is 104 cm³/mol. The molecular weight excluding hydrogens is 348 g/mol. The van der Waals surface area contributed by atoms with Gasteiger partial charge >= 0.3 is 0 Å². The van der Waals surface area contributed by atoms with Gasteiger partial charge in [-0.1, -0.05) is 6.07 Å². The molecule has 1 fully saturated rings. The third-order valence-corrected chi connectivity index (χ3v) is 5.67. The Balaban J connectivity index is 1.55. The van der Waals surface area contributed by atoms with E-state index in [1.165, 1.54) is 5.69 Å². The highest BCUT2D eigenvalue weighted by Crippen LogP contribution is 2.34. The fourth-order valence-corrected chi connectivity index (χ4v) is 4.23. The molecule has 4 aromatic rings. The number of ether oxygens (including phenoxy) is 2. The highest BCUT2D eigenvalue weighted by molar-refractivity contribution is 7.21. The van der Waals surface area contributed by atoms with E-state index in [0.717, 1.165) is 64.1 Å². The lowest BCUT2D eigenvalue weighted by molar-refractivity contribution is 0.122. The normalized spacial score (nSPS) is 15.0. The van der Waals surface area contributed by atoms with E-state index in [4.69, 9.17) is 19.4 Å². The summed E-state index contributed by atoms with van der Waals surface area (Å²) in [5.74, 6) is 1.58. The molecule has 1 aliphatic heterocycles. The minimum Gasteiger partial charge on any atom is -0.494 e. The van der Waals surface area contributed by atoms with Crippen molar-refractivity contribution in [2.45, 2.75) is 0 Å². The van der Waals surface area contributed by atoms with Crippen molar-refractivity contribution >= 4 is 38.3 Å². The first-order valence-electron chi connectivity index (χ1n) is 8.58. The minimum absolute atomic E-state index is 0.778. The first kappa shape index (κ1) is 15.6. The van der Waals surface area contributed by atoms with E-state index in [9.17, 15) is 0 Å². The summed E-state index contributed by atoms with van der Waals surface area (Å²) in [6.45, 7) is 3.40. The van der Waals surface area contributed by atoms with E-state index >= 15 is 0 Å². The van der Waals surface area contributed by atoms with Crippen LogP contribution < -0.4 is 9.64 Å². The van der Waals surface area contributed by atoms with Gasteiger partial charge in [-0.05, 0) is 30.3 Å². The SMILES string of the molecule is COc1cccc2sc(-c3nc4ccc(N5CCOCC5)cc4[nH]3)nc12. The van der Waals surface area contributed by atoms with Gasteiger partial charge < -0.3 is 19.4 Å². The number of morpholine rings is 1. The van der Waals surface area contributed by atoms with Crippen LogP contribution >= 0.6 is 11.3 Å². The van der Waals surface area contributed by atoms with Crippen LogP contribution in [-0.4, -0.2) is 48.4 Å². The van der Waals surface area contributed by atoms with E-state index in [0.29, 0.717) is 0 Å². The van der Waals surface area contributed by atoms with Crippen LogP contribution in [-0.2, 0) is 4.74 Å². The van der Waals surface area contributed by atoms with Crippen molar-refractivity contribution in [2.75, 3.05) is 38.3 Å². The molecule has 0 amide bonds. The first-order chi connectivity index (χ1) is 12.8. The molecule has 5 rings (SSSR count). The number of nitrogens with zero attached hydrogens (tertiary/aromatic N) is 3. The van der Waals surface area contributed by atoms with Gasteiger partial charge in [0, 0.05) is 18.8 Å². The summed E-state index contributed by atoms with van der Waals surface area (Å²) in [7, 11) is 1.67. The molecule has 0 radical (unpaired) electrons. The van der Waals surface area contributed by atoms with Gasteiger partial charge in [-0.2, -0.15) is 0 Å². The fourth-order valence-electron chi connectivity index (χ4n) is 3.31. The summed E-state index contributed by atoms with van der Waals surface area (Å²) in [5, 5.41) is 0.869. The number of anilines is 1. The van der Waals surface area contributed by atoms with Gasteiger partial charge in [0.15, 0.2) is 10.8 Å². The Morgan fingerprint density at radius 1 is 1.15 bits per heavy atom. The van der Waals surface area contributed by atoms with E-state index in [1.54, 1.807) is 18.4 Å². The highest BCUT2D eigenvalue weighted by Gasteiger charge is 2.15. The molecule has 132 valence electrons. The van der Waals surface area contributed by atoms with Gasteiger partial charge in [0.1, 0.15) is 11.3 Å². The predicted octanol–water partition coefficient (Wildman–Crippen LogP) is 3.68. The van der Waals surface area contributed by atoms with Crippen LogP contribution in [0.2, 0.25) is 0 Å². The summed E-state index contributed by atoms with van der Waals surface area (Å²) in [5.41, 5.74) is 4.05. The molecule has 1 saturated heterocycles. The largest absolute Gasteiger partial charge is 0.494 e. The number of para-hydroxylation sites is 1. The standard InChI is InChI=1S/C19H18N4O2S/c1-24-15-3-2-4-16-17(15)22-19(26-16)18-20-13-6-5-12(11-14(13)21-18)23-7-9-25-10-8-23/h2-6,11H,7-10H2,1H3,(H,20,21). The van der Waals surface area contributed by atoms with Crippen LogP contribution in [0.25, 0.3) is 32.1 Å². The summed E-state index contributed by atoms with van der Waals surface area (Å²) in [6, 6.07) is 12.3. The molecule has 2 aromatic carbocycles. The lowest BCUT2D eigenvalue weighted by atomic mass is 10.2. The zero-order valence-corrected chi connectivity index (χ0v) is 15.2. The van der Waals surface area contributed by atoms with Gasteiger partial charge in [0.25, 0.3) is 0 Å². The molecule has 0 unspecified atom stereocenters. The lowest BCUT2D eigenvalue weighted by Crippen LogP contribution is -2.36. The number of nitrogens with one attached hydrogen (secondary N) is 1. The molecular formula is C19H18N4O2S. The average molecular weight is 366 g/mol. The number of methoxy groups -OCH3 is 1. The van der Waals surface area contributed by atoms with Crippen molar-refractivity contribution in [3.8, 4) is 16.6 Å². The smallest absolute Gasteiger partial charge is 0.167 e. The van der Waals surface area contributed by atoms with Crippen LogP contribution in [0.15, 0.2) is 36.4 Å². The zero-order chi connectivity index (χ0) is 17.5. The molecule has 6 nitrogen and oxygen atoms in total. The number of fused-ring (bicyclic) bond motifs is 2. The van der Waals surface area contributed by atoms with E-state index in [2.05, 4.69) is 34.1 Å². The van der Waals surface area contributed by atoms with Crippen LogP contribution in [0.3, 0.4) is 0 Å². The molecule has 26 heavy (non-hydrogen) atoms. The molecule has 0 aliphatic carbocycles. The average Bonchev–Trinajstić information content (AvgIpc) is 3.31. The van der Waals surface area contributed by atoms with Crippen LogP contribution in [0.4, 0.5) is 5.69 Å². The molecule has 0 atom stereocenters. The first-order valence-corrected chi connectivity index (χ1v) is 9.40. The molecule has 1 N–H and O–H groups in total. The second-order valence-electron chi connectivity index (χ2n) is 6.21. The Labute approximate surface area is 154 Å². The highest BCUT2D eigenvalue weighted by atomic mass is 32.1. The third-order valence-electron chi connectivity index (χ3n) is 4.65. The molecule has 7 heteroatoms. The van der Waals surface area contributed by atoms with Crippen molar-refractivity contribution < 1.29 is 9.47 Å². The van der Waals surface area contributed by atoms with Crippen LogP contribution in [0.5, 0.6) is 5.75 Å². The number of rotatable bonds is 3. The number of hydrogen-bond donors (Lipinski definition) is 1. The number of benzene rings is 2. The second-order valence-corrected chi connectivity index (χ2v) is 7.24. The Morgan fingerprint density at radius 2 is 2.04 bits per heavy atom. The topological polar surface area (TPSA) is 63.3 Å². The molecule has 2 aromatic heterocycles. The van der Waals surface area contributed by atoms with Crippen molar-refractivity contribution in [1.82, 2.24) is 15.0 Å². The van der Waals surface area contributed by atoms with E-state index in [-0.39, 0.29) is 0 Å². The van der Waals surface area contributed by atoms with Gasteiger partial charge in [0.05, 0.1) is 36.1 Å². The van der Waals surface area contributed by atoms with Crippen molar-refractivity contribution in [3.63, 3.8) is 0 Å². The van der Waals surface area contributed by atoms with Crippen molar-refractivity contribution in [2.24, 2.45) is 0 Å². The monoisotopic (exact) mass is 366 g/mol. The minimum atomic E-state index is 0.778. The molecule has 0 bridgehead atoms. The van der Waals surface area contributed by atoms with Gasteiger partial charge in [-0.25, -0.2) is 9.97 Å². The van der Waals surface area contributed by atoms with E-state index < -0.39 is 0 Å². The quantitative estimate of drug-likeness (QED) is 0.599. The summed E-state index contributed by atoms with van der Waals surface area (Å²) in [4.78, 5) is 15.2. The van der Waals surface area contributed by atoms with Gasteiger partial charge in [-0.3, -0.25) is 0 Å². The van der Waals surface area contributed by atoms with Crippen LogP contribution in [0.1, 0.15) is 0 Å². The maximum absolute atomic E-state index is 5.44. The molecule has 0 saturated carbocycles. The number of thiazole rings is 1. The Morgan fingerprint density at radius 3 is 2.88 bits per heavy atom. The maximum Gasteiger partial charge on any atom is 0.167 e. The second kappa shape index (κ2) is 6.26. The van der Waals surface area contributed by atoms with Gasteiger partial charge in [-0.15, -0.1) is 11.3 Å². The molecule has 3 heterocycles. The Hall–Kier alpha value is -2.64. The third kappa shape index (κ3) is 2.60. The van der Waals surface area contributed by atoms with Crippen LogP contribution in [0, 0.1) is 0 Å². The molecule has 1 aliphatic rings. The van der Waals surface area contributed by atoms with Crippen molar-refractivity contribution in [1.29, 1.82) is 0 Å².